The summed E-state index contributed by atoms with van der Waals surface area (Å²) < 4.78 is 15.0. The highest BCUT2D eigenvalue weighted by Gasteiger charge is 2.43. The molecule has 6 heteroatoms. The van der Waals surface area contributed by atoms with E-state index in [4.69, 9.17) is 0 Å². The third-order valence-electron chi connectivity index (χ3n) is 5.33. The highest BCUT2D eigenvalue weighted by Crippen LogP contribution is 2.43. The first-order chi connectivity index (χ1) is 13.2. The monoisotopic (exact) mass is 360 g/mol. The summed E-state index contributed by atoms with van der Waals surface area (Å²) in [6.07, 6.45) is 3.96. The van der Waals surface area contributed by atoms with Crippen LogP contribution in [0.2, 0.25) is 0 Å². The SMILES string of the molecule is O=C1C[C@H](c2ccc(F)cc2)C=C2Nc3ncnn3[C@H](c3ccccc3)[C@@H]12. The van der Waals surface area contributed by atoms with Crippen LogP contribution in [0.5, 0.6) is 0 Å². The molecule has 27 heavy (non-hydrogen) atoms. The number of nitrogens with zero attached hydrogens (tertiary/aromatic N) is 3. The summed E-state index contributed by atoms with van der Waals surface area (Å²) in [6, 6.07) is 16.0. The second kappa shape index (κ2) is 6.16. The minimum Gasteiger partial charge on any atom is -0.328 e. The van der Waals surface area contributed by atoms with Crippen LogP contribution >= 0.6 is 0 Å². The fourth-order valence-corrected chi connectivity index (χ4v) is 4.08. The molecule has 2 heterocycles. The molecule has 5 nitrogen and oxygen atoms in total. The maximum atomic E-state index is 13.3. The Labute approximate surface area is 155 Å². The highest BCUT2D eigenvalue weighted by atomic mass is 19.1. The highest BCUT2D eigenvalue weighted by molar-refractivity contribution is 5.88. The number of benzene rings is 2. The van der Waals surface area contributed by atoms with Crippen molar-refractivity contribution >= 4 is 11.7 Å². The van der Waals surface area contributed by atoms with Crippen molar-refractivity contribution in [2.45, 2.75) is 18.4 Å². The van der Waals surface area contributed by atoms with Crippen molar-refractivity contribution < 1.29 is 9.18 Å². The van der Waals surface area contributed by atoms with E-state index in [9.17, 15) is 9.18 Å². The number of carbonyl (C=O) groups is 1. The predicted octanol–water partition coefficient (Wildman–Crippen LogP) is 3.69. The van der Waals surface area contributed by atoms with Crippen LogP contribution in [-0.2, 0) is 4.79 Å². The molecule has 0 bridgehead atoms. The van der Waals surface area contributed by atoms with E-state index in [1.165, 1.54) is 18.5 Å². The van der Waals surface area contributed by atoms with Crippen LogP contribution in [0.15, 0.2) is 72.7 Å². The zero-order valence-electron chi connectivity index (χ0n) is 14.4. The predicted molar refractivity (Wildman–Crippen MR) is 98.6 cm³/mol. The lowest BCUT2D eigenvalue weighted by molar-refractivity contribution is -0.123. The third-order valence-corrected chi connectivity index (χ3v) is 5.33. The van der Waals surface area contributed by atoms with Gasteiger partial charge in [-0.1, -0.05) is 48.5 Å². The molecule has 5 rings (SSSR count). The van der Waals surface area contributed by atoms with Gasteiger partial charge in [0, 0.05) is 18.0 Å². The summed E-state index contributed by atoms with van der Waals surface area (Å²) in [5, 5.41) is 7.62. The van der Waals surface area contributed by atoms with E-state index in [0.717, 1.165) is 16.8 Å². The first-order valence-electron chi connectivity index (χ1n) is 8.92. The number of carbonyl (C=O) groups excluding carboxylic acids is 1. The van der Waals surface area contributed by atoms with Crippen molar-refractivity contribution in [1.29, 1.82) is 0 Å². The number of rotatable bonds is 2. The van der Waals surface area contributed by atoms with Crippen LogP contribution in [-0.4, -0.2) is 20.5 Å². The summed E-state index contributed by atoms with van der Waals surface area (Å²) >= 11 is 0. The second-order valence-corrected chi connectivity index (χ2v) is 6.94. The average Bonchev–Trinajstić information content (AvgIpc) is 3.15. The van der Waals surface area contributed by atoms with Crippen LogP contribution in [0.4, 0.5) is 10.3 Å². The Hall–Kier alpha value is -3.28. The number of hydrogen-bond acceptors (Lipinski definition) is 4. The quantitative estimate of drug-likeness (QED) is 0.757. The number of halogens is 1. The Morgan fingerprint density at radius 1 is 1.04 bits per heavy atom. The molecule has 0 saturated carbocycles. The number of nitrogens with one attached hydrogen (secondary N) is 1. The maximum Gasteiger partial charge on any atom is 0.226 e. The molecule has 134 valence electrons. The molecule has 1 N–H and O–H groups in total. The van der Waals surface area contributed by atoms with Gasteiger partial charge in [-0.2, -0.15) is 10.1 Å². The second-order valence-electron chi connectivity index (χ2n) is 6.94. The summed E-state index contributed by atoms with van der Waals surface area (Å²) in [7, 11) is 0. The van der Waals surface area contributed by atoms with Gasteiger partial charge in [0.25, 0.3) is 0 Å². The van der Waals surface area contributed by atoms with E-state index < -0.39 is 0 Å². The molecule has 2 aliphatic rings. The summed E-state index contributed by atoms with van der Waals surface area (Å²) in [6.45, 7) is 0. The third kappa shape index (κ3) is 2.65. The van der Waals surface area contributed by atoms with Crippen molar-refractivity contribution in [1.82, 2.24) is 14.8 Å². The number of Topliss-reactive ketones (excluding diaryl/α,β-unsaturated/α-hetero) is 1. The Kier molecular flexibility index (Phi) is 3.63. The normalized spacial score (nSPS) is 23.8. The fourth-order valence-electron chi connectivity index (χ4n) is 4.08. The van der Waals surface area contributed by atoms with Crippen molar-refractivity contribution in [2.24, 2.45) is 5.92 Å². The number of anilines is 1. The maximum absolute atomic E-state index is 13.3. The molecule has 0 spiro atoms. The Morgan fingerprint density at radius 3 is 2.59 bits per heavy atom. The van der Waals surface area contributed by atoms with Gasteiger partial charge in [0.15, 0.2) is 0 Å². The molecule has 1 aromatic heterocycles. The smallest absolute Gasteiger partial charge is 0.226 e. The summed E-state index contributed by atoms with van der Waals surface area (Å²) in [5.41, 5.74) is 2.80. The number of aromatic nitrogens is 3. The first-order valence-corrected chi connectivity index (χ1v) is 8.92. The van der Waals surface area contributed by atoms with E-state index in [2.05, 4.69) is 21.5 Å². The van der Waals surface area contributed by atoms with Gasteiger partial charge in [-0.3, -0.25) is 4.79 Å². The van der Waals surface area contributed by atoms with Crippen molar-refractivity contribution in [3.63, 3.8) is 0 Å². The molecule has 3 atom stereocenters. The number of hydrogen-bond donors (Lipinski definition) is 1. The minimum absolute atomic E-state index is 0.0808. The fraction of sp³-hybridized carbons (Fsp3) is 0.190. The number of ketones is 1. The number of fused-ring (bicyclic) bond motifs is 2. The lowest BCUT2D eigenvalue weighted by atomic mass is 9.76. The van der Waals surface area contributed by atoms with E-state index in [1.807, 2.05) is 30.3 Å². The van der Waals surface area contributed by atoms with Gasteiger partial charge in [0.2, 0.25) is 5.95 Å². The molecular formula is C21H17FN4O. The lowest BCUT2D eigenvalue weighted by Crippen LogP contribution is -2.40. The molecule has 1 aliphatic carbocycles. The van der Waals surface area contributed by atoms with E-state index in [1.54, 1.807) is 16.8 Å². The minimum atomic E-state index is -0.335. The lowest BCUT2D eigenvalue weighted by Gasteiger charge is -2.38. The van der Waals surface area contributed by atoms with Crippen LogP contribution in [0.1, 0.15) is 29.5 Å². The van der Waals surface area contributed by atoms with Gasteiger partial charge in [-0.05, 0) is 23.3 Å². The zero-order valence-corrected chi connectivity index (χ0v) is 14.4. The van der Waals surface area contributed by atoms with Crippen LogP contribution < -0.4 is 5.32 Å². The molecule has 0 amide bonds. The summed E-state index contributed by atoms with van der Waals surface area (Å²) in [5.74, 6) is 0.0729. The largest absolute Gasteiger partial charge is 0.328 e. The zero-order chi connectivity index (χ0) is 18.4. The molecule has 0 fully saturated rings. The molecule has 1 aliphatic heterocycles. The summed E-state index contributed by atoms with van der Waals surface area (Å²) in [4.78, 5) is 17.5. The Balaban J connectivity index is 1.60. The first kappa shape index (κ1) is 15.9. The van der Waals surface area contributed by atoms with Gasteiger partial charge in [-0.15, -0.1) is 0 Å². The van der Waals surface area contributed by atoms with E-state index >= 15 is 0 Å². The molecule has 0 radical (unpaired) electrons. The van der Waals surface area contributed by atoms with Gasteiger partial charge >= 0.3 is 0 Å². The van der Waals surface area contributed by atoms with E-state index in [-0.39, 0.29) is 29.5 Å². The molecule has 0 unspecified atom stereocenters. The molecule has 0 saturated heterocycles. The van der Waals surface area contributed by atoms with Gasteiger partial charge in [-0.25, -0.2) is 9.07 Å². The van der Waals surface area contributed by atoms with Crippen molar-refractivity contribution in [3.05, 3.63) is 89.6 Å². The van der Waals surface area contributed by atoms with Crippen LogP contribution in [0.3, 0.4) is 0 Å². The van der Waals surface area contributed by atoms with E-state index in [0.29, 0.717) is 12.4 Å². The van der Waals surface area contributed by atoms with Gasteiger partial charge in [0.1, 0.15) is 17.9 Å². The topological polar surface area (TPSA) is 59.8 Å². The Bertz CT molecular complexity index is 1030. The molecular weight excluding hydrogens is 343 g/mol. The Morgan fingerprint density at radius 2 is 1.81 bits per heavy atom. The van der Waals surface area contributed by atoms with Crippen LogP contribution in [0.25, 0.3) is 0 Å². The number of allylic oxidation sites excluding steroid dienone is 2. The average molecular weight is 360 g/mol. The van der Waals surface area contributed by atoms with Crippen LogP contribution in [0, 0.1) is 11.7 Å². The molecule has 2 aromatic carbocycles. The standard InChI is InChI=1S/C21H17FN4O/c22-16-8-6-13(7-9-16)15-10-17-19(18(27)11-15)20(14-4-2-1-3-5-14)26-21(25-17)23-12-24-26/h1-10,12,15,19-20H,11H2,(H,23,24,25)/t15-,19-,20-/m1/s1. The van der Waals surface area contributed by atoms with Gasteiger partial charge in [0.05, 0.1) is 12.0 Å². The van der Waals surface area contributed by atoms with Crippen molar-refractivity contribution in [3.8, 4) is 0 Å². The van der Waals surface area contributed by atoms with Gasteiger partial charge < -0.3 is 5.32 Å². The molecule has 3 aromatic rings. The van der Waals surface area contributed by atoms with Crippen molar-refractivity contribution in [2.75, 3.05) is 5.32 Å².